The van der Waals surface area contributed by atoms with Crippen LogP contribution in [0.1, 0.15) is 66.7 Å². The highest BCUT2D eigenvalue weighted by Crippen LogP contribution is 2.26. The van der Waals surface area contributed by atoms with E-state index in [1.165, 1.54) is 38.6 Å². The zero-order chi connectivity index (χ0) is 13.5. The summed E-state index contributed by atoms with van der Waals surface area (Å²) in [6.07, 6.45) is 6.81. The topological polar surface area (TPSA) is 15.3 Å². The van der Waals surface area contributed by atoms with E-state index >= 15 is 0 Å². The molecule has 1 rings (SSSR count). The van der Waals surface area contributed by atoms with Gasteiger partial charge in [-0.05, 0) is 39.2 Å². The summed E-state index contributed by atoms with van der Waals surface area (Å²) in [5, 5.41) is 3.65. The molecule has 0 aliphatic carbocycles. The third kappa shape index (κ3) is 4.24. The Balaban J connectivity index is 2.43. The molecule has 18 heavy (non-hydrogen) atoms. The van der Waals surface area contributed by atoms with Crippen LogP contribution in [0.5, 0.6) is 0 Å². The lowest BCUT2D eigenvalue weighted by atomic mass is 9.85. The SMILES string of the molecule is CCCCCC(C)N1CCC(NCC)C(C)C1C. The van der Waals surface area contributed by atoms with Crippen molar-refractivity contribution in [1.29, 1.82) is 0 Å². The van der Waals surface area contributed by atoms with E-state index in [1.54, 1.807) is 0 Å². The summed E-state index contributed by atoms with van der Waals surface area (Å²) in [7, 11) is 0. The smallest absolute Gasteiger partial charge is 0.0120 e. The summed E-state index contributed by atoms with van der Waals surface area (Å²) in [4.78, 5) is 2.74. The summed E-state index contributed by atoms with van der Waals surface area (Å²) in [5.74, 6) is 0.771. The molecule has 0 amide bonds. The minimum absolute atomic E-state index is 0.722. The van der Waals surface area contributed by atoms with Crippen molar-refractivity contribution >= 4 is 0 Å². The molecule has 1 saturated heterocycles. The number of hydrogen-bond donors (Lipinski definition) is 1. The normalized spacial score (nSPS) is 31.5. The van der Waals surface area contributed by atoms with E-state index in [0.29, 0.717) is 0 Å². The number of hydrogen-bond acceptors (Lipinski definition) is 2. The van der Waals surface area contributed by atoms with Crippen LogP contribution in [-0.2, 0) is 0 Å². The maximum Gasteiger partial charge on any atom is 0.0120 e. The van der Waals surface area contributed by atoms with E-state index in [9.17, 15) is 0 Å². The van der Waals surface area contributed by atoms with Crippen molar-refractivity contribution in [3.05, 3.63) is 0 Å². The molecule has 1 fully saturated rings. The van der Waals surface area contributed by atoms with E-state index in [1.807, 2.05) is 0 Å². The van der Waals surface area contributed by atoms with Crippen LogP contribution in [0.4, 0.5) is 0 Å². The van der Waals surface area contributed by atoms with Gasteiger partial charge in [0.05, 0.1) is 0 Å². The molecule has 4 atom stereocenters. The lowest BCUT2D eigenvalue weighted by Crippen LogP contribution is -2.55. The molecule has 2 nitrogen and oxygen atoms in total. The van der Waals surface area contributed by atoms with E-state index < -0.39 is 0 Å². The molecule has 1 heterocycles. The van der Waals surface area contributed by atoms with Gasteiger partial charge in [-0.2, -0.15) is 0 Å². The Morgan fingerprint density at radius 2 is 1.94 bits per heavy atom. The van der Waals surface area contributed by atoms with Gasteiger partial charge in [-0.3, -0.25) is 4.90 Å². The predicted octanol–water partition coefficient (Wildman–Crippen LogP) is 3.66. The van der Waals surface area contributed by atoms with Crippen molar-refractivity contribution in [3.8, 4) is 0 Å². The van der Waals surface area contributed by atoms with Crippen LogP contribution in [0.2, 0.25) is 0 Å². The second kappa shape index (κ2) is 8.16. The molecule has 0 spiro atoms. The summed E-state index contributed by atoms with van der Waals surface area (Å²) >= 11 is 0. The van der Waals surface area contributed by atoms with Crippen molar-refractivity contribution < 1.29 is 0 Å². The Labute approximate surface area is 115 Å². The minimum atomic E-state index is 0.722. The second-order valence-electron chi connectivity index (χ2n) is 6.14. The van der Waals surface area contributed by atoms with Crippen molar-refractivity contribution in [2.24, 2.45) is 5.92 Å². The van der Waals surface area contributed by atoms with Gasteiger partial charge in [-0.25, -0.2) is 0 Å². The molecule has 0 saturated carbocycles. The molecule has 0 aromatic carbocycles. The summed E-state index contributed by atoms with van der Waals surface area (Å²) in [6, 6.07) is 2.21. The standard InChI is InChI=1S/C16H34N2/c1-6-8-9-10-13(3)18-12-11-16(17-7-2)14(4)15(18)5/h13-17H,6-12H2,1-5H3. The van der Waals surface area contributed by atoms with Gasteiger partial charge >= 0.3 is 0 Å². The Hall–Kier alpha value is -0.0800. The predicted molar refractivity (Wildman–Crippen MR) is 81.0 cm³/mol. The molecular formula is C16H34N2. The Bertz CT molecular complexity index is 217. The Morgan fingerprint density at radius 1 is 1.22 bits per heavy atom. The lowest BCUT2D eigenvalue weighted by molar-refractivity contribution is 0.0494. The number of unbranched alkanes of at least 4 members (excludes halogenated alkanes) is 2. The minimum Gasteiger partial charge on any atom is -0.314 e. The molecular weight excluding hydrogens is 220 g/mol. The van der Waals surface area contributed by atoms with Crippen molar-refractivity contribution in [1.82, 2.24) is 10.2 Å². The zero-order valence-corrected chi connectivity index (χ0v) is 13.2. The molecule has 0 aromatic rings. The maximum absolute atomic E-state index is 3.65. The van der Waals surface area contributed by atoms with Crippen molar-refractivity contribution in [2.45, 2.75) is 84.8 Å². The molecule has 108 valence electrons. The van der Waals surface area contributed by atoms with E-state index in [-0.39, 0.29) is 0 Å². The molecule has 1 N–H and O–H groups in total. The first-order valence-electron chi connectivity index (χ1n) is 8.10. The van der Waals surface area contributed by atoms with E-state index in [2.05, 4.69) is 44.8 Å². The number of likely N-dealkylation sites (tertiary alicyclic amines) is 1. The van der Waals surface area contributed by atoms with Gasteiger partial charge in [-0.15, -0.1) is 0 Å². The van der Waals surface area contributed by atoms with Crippen molar-refractivity contribution in [2.75, 3.05) is 13.1 Å². The van der Waals surface area contributed by atoms with Crippen LogP contribution in [0, 0.1) is 5.92 Å². The molecule has 1 aliphatic heterocycles. The van der Waals surface area contributed by atoms with Crippen LogP contribution in [0.15, 0.2) is 0 Å². The van der Waals surface area contributed by atoms with Crippen LogP contribution in [0.25, 0.3) is 0 Å². The average molecular weight is 254 g/mol. The number of rotatable bonds is 7. The molecule has 4 unspecified atom stereocenters. The monoisotopic (exact) mass is 254 g/mol. The van der Waals surface area contributed by atoms with Gasteiger partial charge in [0.25, 0.3) is 0 Å². The first kappa shape index (κ1) is 16.0. The quantitative estimate of drug-likeness (QED) is 0.698. The number of piperidine rings is 1. The first-order valence-corrected chi connectivity index (χ1v) is 8.10. The molecule has 0 bridgehead atoms. The lowest BCUT2D eigenvalue weighted by Gasteiger charge is -2.46. The van der Waals surface area contributed by atoms with E-state index in [4.69, 9.17) is 0 Å². The molecule has 0 aromatic heterocycles. The molecule has 1 aliphatic rings. The van der Waals surface area contributed by atoms with Gasteiger partial charge in [0.2, 0.25) is 0 Å². The Kier molecular flexibility index (Phi) is 7.25. The molecule has 0 radical (unpaired) electrons. The van der Waals surface area contributed by atoms with Crippen molar-refractivity contribution in [3.63, 3.8) is 0 Å². The Morgan fingerprint density at radius 3 is 2.56 bits per heavy atom. The fourth-order valence-corrected chi connectivity index (χ4v) is 3.42. The second-order valence-corrected chi connectivity index (χ2v) is 6.14. The third-order valence-electron chi connectivity index (χ3n) is 4.87. The van der Waals surface area contributed by atoms with Gasteiger partial charge < -0.3 is 5.32 Å². The van der Waals surface area contributed by atoms with Gasteiger partial charge in [0.15, 0.2) is 0 Å². The summed E-state index contributed by atoms with van der Waals surface area (Å²) < 4.78 is 0. The third-order valence-corrected chi connectivity index (χ3v) is 4.87. The maximum atomic E-state index is 3.65. The summed E-state index contributed by atoms with van der Waals surface area (Å²) in [6.45, 7) is 14.2. The summed E-state index contributed by atoms with van der Waals surface area (Å²) in [5.41, 5.74) is 0. The first-order chi connectivity index (χ1) is 8.61. The van der Waals surface area contributed by atoms with Gasteiger partial charge in [0, 0.05) is 24.7 Å². The fourth-order valence-electron chi connectivity index (χ4n) is 3.42. The highest BCUT2D eigenvalue weighted by atomic mass is 15.2. The van der Waals surface area contributed by atoms with Gasteiger partial charge in [0.1, 0.15) is 0 Å². The van der Waals surface area contributed by atoms with E-state index in [0.717, 1.165) is 30.6 Å². The largest absolute Gasteiger partial charge is 0.314 e. The zero-order valence-electron chi connectivity index (χ0n) is 13.2. The van der Waals surface area contributed by atoms with Crippen LogP contribution < -0.4 is 5.32 Å². The van der Waals surface area contributed by atoms with Gasteiger partial charge in [-0.1, -0.05) is 40.0 Å². The number of nitrogens with one attached hydrogen (secondary N) is 1. The average Bonchev–Trinajstić information content (AvgIpc) is 2.35. The fraction of sp³-hybridized carbons (Fsp3) is 1.00. The van der Waals surface area contributed by atoms with Crippen LogP contribution in [0.3, 0.4) is 0 Å². The highest BCUT2D eigenvalue weighted by Gasteiger charge is 2.33. The molecule has 2 heteroatoms. The van der Waals surface area contributed by atoms with Crippen LogP contribution in [-0.4, -0.2) is 36.1 Å². The highest BCUT2D eigenvalue weighted by molar-refractivity contribution is 4.90. The van der Waals surface area contributed by atoms with Crippen LogP contribution >= 0.6 is 0 Å². The number of nitrogens with zero attached hydrogens (tertiary/aromatic N) is 1.